The van der Waals surface area contributed by atoms with Crippen LogP contribution in [0.2, 0.25) is 0 Å². The number of carbonyl (C=O) groups is 2. The van der Waals surface area contributed by atoms with Crippen molar-refractivity contribution in [3.05, 3.63) is 71.9 Å². The van der Waals surface area contributed by atoms with Gasteiger partial charge in [-0.3, -0.25) is 9.59 Å². The van der Waals surface area contributed by atoms with Crippen LogP contribution in [-0.2, 0) is 4.79 Å². The van der Waals surface area contributed by atoms with E-state index in [2.05, 4.69) is 10.3 Å². The number of fused-ring (bicyclic) bond motifs is 2. The van der Waals surface area contributed by atoms with E-state index < -0.39 is 0 Å². The summed E-state index contributed by atoms with van der Waals surface area (Å²) in [7, 11) is 4.76. The Bertz CT molecular complexity index is 1220. The normalized spacial score (nSPS) is 12.5. The molecule has 0 spiro atoms. The van der Waals surface area contributed by atoms with E-state index in [4.69, 9.17) is 14.2 Å². The van der Waals surface area contributed by atoms with Crippen LogP contribution >= 0.6 is 0 Å². The third-order valence-electron chi connectivity index (χ3n) is 4.94. The largest absolute Gasteiger partial charge is 0.493 e. The molecule has 162 valence electrons. The molecule has 3 aromatic rings. The van der Waals surface area contributed by atoms with Crippen molar-refractivity contribution in [1.82, 2.24) is 4.98 Å². The summed E-state index contributed by atoms with van der Waals surface area (Å²) >= 11 is 0. The Morgan fingerprint density at radius 3 is 2.69 bits per heavy atom. The maximum atomic E-state index is 12.9. The molecule has 8 heteroatoms. The Labute approximate surface area is 185 Å². The third kappa shape index (κ3) is 4.11. The van der Waals surface area contributed by atoms with Gasteiger partial charge in [-0.15, -0.1) is 0 Å². The Kier molecular flexibility index (Phi) is 5.76. The first-order valence-corrected chi connectivity index (χ1v) is 9.76. The Morgan fingerprint density at radius 2 is 1.91 bits per heavy atom. The second-order valence-corrected chi connectivity index (χ2v) is 6.94. The van der Waals surface area contributed by atoms with Gasteiger partial charge < -0.3 is 24.4 Å². The molecule has 1 aromatic heterocycles. The smallest absolute Gasteiger partial charge is 0.262 e. The first kappa shape index (κ1) is 20.9. The number of amides is 2. The highest BCUT2D eigenvalue weighted by molar-refractivity contribution is 6.10. The molecule has 0 bridgehead atoms. The number of hydrogen-bond acceptors (Lipinski definition) is 6. The number of nitrogens with zero attached hydrogens (tertiary/aromatic N) is 2. The molecule has 0 fully saturated rings. The van der Waals surface area contributed by atoms with Gasteiger partial charge in [-0.2, -0.15) is 0 Å². The number of ether oxygens (including phenoxy) is 3. The number of benzene rings is 2. The van der Waals surface area contributed by atoms with Crippen molar-refractivity contribution in [3.8, 4) is 23.1 Å². The van der Waals surface area contributed by atoms with E-state index in [0.29, 0.717) is 40.1 Å². The van der Waals surface area contributed by atoms with Crippen LogP contribution in [0.15, 0.2) is 60.8 Å². The number of nitrogens with one attached hydrogen (secondary N) is 1. The zero-order valence-electron chi connectivity index (χ0n) is 17.8. The van der Waals surface area contributed by atoms with Gasteiger partial charge >= 0.3 is 0 Å². The number of methoxy groups -OCH3 is 2. The molecular formula is C24H21N3O5. The molecule has 1 aliphatic rings. The van der Waals surface area contributed by atoms with E-state index in [0.717, 1.165) is 5.56 Å². The van der Waals surface area contributed by atoms with Crippen molar-refractivity contribution in [2.45, 2.75) is 0 Å². The van der Waals surface area contributed by atoms with Crippen molar-refractivity contribution >= 4 is 29.3 Å². The maximum Gasteiger partial charge on any atom is 0.262 e. The average molecular weight is 431 g/mol. The molecule has 1 N–H and O–H groups in total. The molecular weight excluding hydrogens is 410 g/mol. The lowest BCUT2D eigenvalue weighted by molar-refractivity contribution is -0.111. The molecule has 2 heterocycles. The van der Waals surface area contributed by atoms with Crippen LogP contribution in [0.3, 0.4) is 0 Å². The van der Waals surface area contributed by atoms with Crippen LogP contribution in [0.5, 0.6) is 23.1 Å². The van der Waals surface area contributed by atoms with Gasteiger partial charge in [0.1, 0.15) is 11.4 Å². The molecule has 0 atom stereocenters. The lowest BCUT2D eigenvalue weighted by Gasteiger charge is -2.15. The molecule has 8 nitrogen and oxygen atoms in total. The van der Waals surface area contributed by atoms with Crippen molar-refractivity contribution in [1.29, 1.82) is 0 Å². The molecule has 0 saturated carbocycles. The summed E-state index contributed by atoms with van der Waals surface area (Å²) in [5.41, 5.74) is 2.13. The monoisotopic (exact) mass is 431 g/mol. The van der Waals surface area contributed by atoms with Crippen molar-refractivity contribution in [2.24, 2.45) is 0 Å². The van der Waals surface area contributed by atoms with Gasteiger partial charge in [0.05, 0.1) is 19.8 Å². The molecule has 0 unspecified atom stereocenters. The number of aromatic nitrogens is 1. The van der Waals surface area contributed by atoms with Gasteiger partial charge in [0.25, 0.3) is 5.91 Å². The summed E-state index contributed by atoms with van der Waals surface area (Å²) in [6.07, 6.45) is 4.66. The summed E-state index contributed by atoms with van der Waals surface area (Å²) in [6.45, 7) is 0. The molecule has 1 aliphatic heterocycles. The number of pyridine rings is 1. The van der Waals surface area contributed by atoms with Gasteiger partial charge in [-0.05, 0) is 54.1 Å². The van der Waals surface area contributed by atoms with Crippen molar-refractivity contribution in [3.63, 3.8) is 0 Å². The summed E-state index contributed by atoms with van der Waals surface area (Å²) in [5.74, 6) is 1.28. The second kappa shape index (κ2) is 8.81. The van der Waals surface area contributed by atoms with Gasteiger partial charge in [-0.1, -0.05) is 6.07 Å². The van der Waals surface area contributed by atoms with E-state index in [1.807, 2.05) is 6.07 Å². The van der Waals surface area contributed by atoms with Gasteiger partial charge in [0, 0.05) is 25.0 Å². The van der Waals surface area contributed by atoms with E-state index >= 15 is 0 Å². The Balaban J connectivity index is 1.52. The number of rotatable bonds is 5. The minimum Gasteiger partial charge on any atom is -0.493 e. The van der Waals surface area contributed by atoms with Crippen molar-refractivity contribution < 1.29 is 23.8 Å². The second-order valence-electron chi connectivity index (χ2n) is 6.94. The minimum atomic E-state index is -0.347. The quantitative estimate of drug-likeness (QED) is 0.611. The molecule has 0 aliphatic carbocycles. The summed E-state index contributed by atoms with van der Waals surface area (Å²) < 4.78 is 16.3. The lowest BCUT2D eigenvalue weighted by atomic mass is 10.1. The number of hydrogen-bond donors (Lipinski definition) is 1. The molecule has 32 heavy (non-hydrogen) atoms. The maximum absolute atomic E-state index is 12.9. The molecule has 2 aromatic carbocycles. The highest BCUT2D eigenvalue weighted by Crippen LogP contribution is 2.37. The summed E-state index contributed by atoms with van der Waals surface area (Å²) in [4.78, 5) is 31.0. The van der Waals surface area contributed by atoms with Crippen LogP contribution in [0.25, 0.3) is 6.08 Å². The zero-order valence-corrected chi connectivity index (χ0v) is 17.8. The highest BCUT2D eigenvalue weighted by Gasteiger charge is 2.26. The predicted molar refractivity (Wildman–Crippen MR) is 121 cm³/mol. The minimum absolute atomic E-state index is 0.260. The van der Waals surface area contributed by atoms with Gasteiger partial charge in [0.2, 0.25) is 11.8 Å². The lowest BCUT2D eigenvalue weighted by Crippen LogP contribution is -2.25. The third-order valence-corrected chi connectivity index (χ3v) is 4.94. The SMILES string of the molecule is COc1ccc(C=CC(=O)Nc2ccc3c(c2)C(=O)N(C)c2cccnc2O3)cc1OC. The van der Waals surface area contributed by atoms with E-state index in [1.54, 1.807) is 76.0 Å². The van der Waals surface area contributed by atoms with E-state index in [1.165, 1.54) is 11.0 Å². The number of carbonyl (C=O) groups excluding carboxylic acids is 2. The molecule has 0 radical (unpaired) electrons. The van der Waals surface area contributed by atoms with Crippen LogP contribution in [0.1, 0.15) is 15.9 Å². The van der Waals surface area contributed by atoms with Gasteiger partial charge in [-0.25, -0.2) is 4.98 Å². The number of anilines is 2. The predicted octanol–water partition coefficient (Wildman–Crippen LogP) is 4.13. The van der Waals surface area contributed by atoms with Crippen LogP contribution in [0, 0.1) is 0 Å². The summed E-state index contributed by atoms with van der Waals surface area (Å²) in [6, 6.07) is 13.7. The van der Waals surface area contributed by atoms with E-state index in [9.17, 15) is 9.59 Å². The first-order chi connectivity index (χ1) is 15.5. The average Bonchev–Trinajstić information content (AvgIpc) is 2.92. The Morgan fingerprint density at radius 1 is 1.09 bits per heavy atom. The Hall–Kier alpha value is -4.33. The standard InChI is InChI=1S/C24H21N3O5/c1-27-18-5-4-12-25-23(18)32-19-10-8-16(14-17(19)24(27)29)26-22(28)11-7-15-6-9-20(30-2)21(13-15)31-3/h4-14H,1-3H3,(H,26,28). The van der Waals surface area contributed by atoms with Crippen LogP contribution < -0.4 is 24.4 Å². The molecule has 4 rings (SSSR count). The fourth-order valence-electron chi connectivity index (χ4n) is 3.29. The summed E-state index contributed by atoms with van der Waals surface area (Å²) in [5, 5.41) is 2.77. The fraction of sp³-hybridized carbons (Fsp3) is 0.125. The zero-order chi connectivity index (χ0) is 22.7. The van der Waals surface area contributed by atoms with Crippen LogP contribution in [0.4, 0.5) is 11.4 Å². The molecule has 2 amide bonds. The molecule has 0 saturated heterocycles. The fourth-order valence-corrected chi connectivity index (χ4v) is 3.29. The van der Waals surface area contributed by atoms with E-state index in [-0.39, 0.29) is 11.8 Å². The highest BCUT2D eigenvalue weighted by atomic mass is 16.5. The topological polar surface area (TPSA) is 90.0 Å². The first-order valence-electron chi connectivity index (χ1n) is 9.76. The van der Waals surface area contributed by atoms with Crippen LogP contribution in [-0.4, -0.2) is 38.1 Å². The van der Waals surface area contributed by atoms with Gasteiger partial charge in [0.15, 0.2) is 11.5 Å². The van der Waals surface area contributed by atoms with Crippen molar-refractivity contribution in [2.75, 3.05) is 31.5 Å².